The van der Waals surface area contributed by atoms with Gasteiger partial charge in [0, 0.05) is 18.6 Å². The maximum atomic E-state index is 12.3. The number of aliphatic carboxylic acids is 1. The molecule has 0 saturated carbocycles. The number of phenols is 2. The monoisotopic (exact) mass is 392 g/mol. The van der Waals surface area contributed by atoms with E-state index in [-0.39, 0.29) is 41.8 Å². The van der Waals surface area contributed by atoms with E-state index in [1.807, 2.05) is 13.0 Å². The Bertz CT molecular complexity index is 734. The lowest BCUT2D eigenvalue weighted by molar-refractivity contribution is -0.132. The van der Waals surface area contributed by atoms with Crippen LogP contribution in [0.25, 0.3) is 0 Å². The lowest BCUT2D eigenvalue weighted by Crippen LogP contribution is -2.09. The first-order valence-electron chi connectivity index (χ1n) is 9.13. The lowest BCUT2D eigenvalue weighted by Gasteiger charge is -2.12. The molecule has 1 aromatic rings. The maximum absolute atomic E-state index is 12.3. The van der Waals surface area contributed by atoms with Gasteiger partial charge in [0.25, 0.3) is 0 Å². The summed E-state index contributed by atoms with van der Waals surface area (Å²) >= 11 is 0. The Kier molecular flexibility index (Phi) is 9.98. The molecule has 1 rings (SSSR count). The van der Waals surface area contributed by atoms with Crippen molar-refractivity contribution in [1.29, 1.82) is 0 Å². The molecule has 5 N–H and O–H groups in total. The van der Waals surface area contributed by atoms with Crippen LogP contribution in [0, 0.1) is 5.92 Å². The molecule has 0 spiro atoms. The van der Waals surface area contributed by atoms with Crippen molar-refractivity contribution in [3.8, 4) is 11.5 Å². The summed E-state index contributed by atoms with van der Waals surface area (Å²) in [4.78, 5) is 23.7. The minimum atomic E-state index is -1.23. The smallest absolute Gasteiger partial charge is 0.331 e. The molecule has 0 bridgehead atoms. The van der Waals surface area contributed by atoms with Crippen LogP contribution in [0.4, 0.5) is 0 Å². The molecule has 0 aliphatic heterocycles. The van der Waals surface area contributed by atoms with Crippen molar-refractivity contribution in [1.82, 2.24) is 0 Å². The Morgan fingerprint density at radius 2 is 1.71 bits per heavy atom. The number of hydrogen-bond acceptors (Lipinski definition) is 6. The van der Waals surface area contributed by atoms with Crippen LogP contribution >= 0.6 is 0 Å². The highest BCUT2D eigenvalue weighted by Crippen LogP contribution is 2.25. The molecule has 0 amide bonds. The third-order valence-corrected chi connectivity index (χ3v) is 4.45. The molecule has 0 saturated heterocycles. The molecule has 0 aliphatic carbocycles. The number of Topliss-reactive ketones (excluding diaryl/α,β-unsaturated/α-hetero) is 1. The van der Waals surface area contributed by atoms with E-state index in [0.717, 1.165) is 11.6 Å². The second-order valence-electron chi connectivity index (χ2n) is 6.75. The quantitative estimate of drug-likeness (QED) is 0.160. The first kappa shape index (κ1) is 23.4. The van der Waals surface area contributed by atoms with Gasteiger partial charge in [0.05, 0.1) is 12.2 Å². The largest absolute Gasteiger partial charge is 0.508 e. The van der Waals surface area contributed by atoms with Crippen LogP contribution in [0.3, 0.4) is 0 Å². The van der Waals surface area contributed by atoms with E-state index >= 15 is 0 Å². The van der Waals surface area contributed by atoms with E-state index in [1.165, 1.54) is 18.2 Å². The van der Waals surface area contributed by atoms with Gasteiger partial charge in [-0.25, -0.2) is 4.79 Å². The fourth-order valence-corrected chi connectivity index (χ4v) is 2.70. The minimum absolute atomic E-state index is 0.00271. The highest BCUT2D eigenvalue weighted by atomic mass is 16.4. The van der Waals surface area contributed by atoms with Gasteiger partial charge in [0.1, 0.15) is 11.5 Å². The van der Waals surface area contributed by atoms with Crippen LogP contribution < -0.4 is 0 Å². The second-order valence-corrected chi connectivity index (χ2v) is 6.75. The summed E-state index contributed by atoms with van der Waals surface area (Å²) in [6.45, 7) is 1.78. The van der Waals surface area contributed by atoms with Crippen molar-refractivity contribution in [3.05, 3.63) is 47.1 Å². The van der Waals surface area contributed by atoms with Crippen LogP contribution in [0.5, 0.6) is 11.5 Å². The molecule has 1 aromatic carbocycles. The summed E-state index contributed by atoms with van der Waals surface area (Å²) in [5, 5.41) is 46.9. The van der Waals surface area contributed by atoms with Crippen LogP contribution in [0.1, 0.15) is 49.4 Å². The second kappa shape index (κ2) is 11.9. The predicted octanol–water partition coefficient (Wildman–Crippen LogP) is 2.79. The van der Waals surface area contributed by atoms with Gasteiger partial charge in [-0.05, 0) is 56.7 Å². The zero-order valence-electron chi connectivity index (χ0n) is 16.0. The number of aliphatic hydroxyl groups excluding tert-OH is 2. The summed E-state index contributed by atoms with van der Waals surface area (Å²) in [5.41, 5.74) is 0.630. The summed E-state index contributed by atoms with van der Waals surface area (Å²) in [7, 11) is 0. The summed E-state index contributed by atoms with van der Waals surface area (Å²) in [6.07, 6.45) is 5.32. The van der Waals surface area contributed by atoms with E-state index in [9.17, 15) is 30.0 Å². The number of allylic oxidation sites excluding steroid dienone is 2. The molecule has 0 heterocycles. The Balaban J connectivity index is 2.69. The first-order chi connectivity index (χ1) is 13.3. The zero-order chi connectivity index (χ0) is 21.1. The number of carboxylic acids is 1. The lowest BCUT2D eigenvalue weighted by atomic mass is 9.96. The number of carbonyl (C=O) groups is 2. The van der Waals surface area contributed by atoms with Gasteiger partial charge in [-0.3, -0.25) is 4.79 Å². The van der Waals surface area contributed by atoms with Gasteiger partial charge in [-0.15, -0.1) is 0 Å². The van der Waals surface area contributed by atoms with E-state index in [0.29, 0.717) is 25.7 Å². The summed E-state index contributed by atoms with van der Waals surface area (Å²) in [6, 6.07) is 3.50. The number of aliphatic hydroxyl groups is 2. The minimum Gasteiger partial charge on any atom is -0.508 e. The molecular formula is C21H28O7. The molecule has 0 aliphatic rings. The number of phenolic OH excluding ortho intramolecular Hbond substituents is 2. The number of carbonyl (C=O) groups excluding carboxylic acids is 1. The molecule has 0 aromatic heterocycles. The molecule has 154 valence electrons. The zero-order valence-corrected chi connectivity index (χ0v) is 16.0. The topological polar surface area (TPSA) is 135 Å². The molecule has 1 atom stereocenters. The van der Waals surface area contributed by atoms with Crippen LogP contribution in [-0.4, -0.2) is 50.5 Å². The van der Waals surface area contributed by atoms with Crippen LogP contribution in [0.15, 0.2) is 41.5 Å². The van der Waals surface area contributed by atoms with Gasteiger partial charge in [-0.2, -0.15) is 0 Å². The standard InChI is InChI=1S/C21H28O7/c1-14(12-22)4-2-5-15(13-23)6-3-7-16(21(27)28)10-20(26)18-11-17(24)8-9-19(18)25/h4,7-9,11,15,22-25H,2-3,5-6,10,12-13H2,1H3,(H,27,28)/b14-4+,16-7-/t15-/m0/s1. The van der Waals surface area contributed by atoms with Crippen LogP contribution in [-0.2, 0) is 4.79 Å². The van der Waals surface area contributed by atoms with Crippen molar-refractivity contribution < 1.29 is 35.1 Å². The predicted molar refractivity (Wildman–Crippen MR) is 104 cm³/mol. The summed E-state index contributed by atoms with van der Waals surface area (Å²) in [5.74, 6) is -2.36. The van der Waals surface area contributed by atoms with Crippen molar-refractivity contribution >= 4 is 11.8 Å². The van der Waals surface area contributed by atoms with Crippen molar-refractivity contribution in [2.75, 3.05) is 13.2 Å². The average Bonchev–Trinajstić information content (AvgIpc) is 2.67. The Morgan fingerprint density at radius 3 is 2.29 bits per heavy atom. The number of ketones is 1. The van der Waals surface area contributed by atoms with Crippen LogP contribution in [0.2, 0.25) is 0 Å². The van der Waals surface area contributed by atoms with E-state index in [2.05, 4.69) is 0 Å². The van der Waals surface area contributed by atoms with E-state index in [1.54, 1.807) is 0 Å². The Hall–Kier alpha value is -2.64. The van der Waals surface area contributed by atoms with Gasteiger partial charge in [0.15, 0.2) is 5.78 Å². The van der Waals surface area contributed by atoms with Gasteiger partial charge >= 0.3 is 5.97 Å². The molecule has 7 nitrogen and oxygen atoms in total. The Morgan fingerprint density at radius 1 is 1.07 bits per heavy atom. The number of aromatic hydroxyl groups is 2. The van der Waals surface area contributed by atoms with E-state index < -0.39 is 18.2 Å². The van der Waals surface area contributed by atoms with Gasteiger partial charge < -0.3 is 25.5 Å². The first-order valence-corrected chi connectivity index (χ1v) is 9.13. The van der Waals surface area contributed by atoms with E-state index in [4.69, 9.17) is 5.11 Å². The molecule has 0 unspecified atom stereocenters. The maximum Gasteiger partial charge on any atom is 0.331 e. The van der Waals surface area contributed by atoms with Gasteiger partial charge in [-0.1, -0.05) is 17.7 Å². The fourth-order valence-electron chi connectivity index (χ4n) is 2.70. The number of carboxylic acid groups (broad SMARTS) is 1. The third-order valence-electron chi connectivity index (χ3n) is 4.45. The molecule has 0 fully saturated rings. The Labute approximate surface area is 164 Å². The van der Waals surface area contributed by atoms with Crippen molar-refractivity contribution in [2.24, 2.45) is 5.92 Å². The third kappa shape index (κ3) is 7.94. The molecule has 7 heteroatoms. The summed E-state index contributed by atoms with van der Waals surface area (Å²) < 4.78 is 0. The molecule has 0 radical (unpaired) electrons. The fraction of sp³-hybridized carbons (Fsp3) is 0.429. The SMILES string of the molecule is C/C(=C\CC[C@H](CO)CC/C=C(/CC(=O)c1cc(O)ccc1O)C(=O)O)CO. The normalized spacial score (nSPS) is 13.4. The number of hydrogen-bond donors (Lipinski definition) is 5. The highest BCUT2D eigenvalue weighted by molar-refractivity contribution is 6.04. The molecular weight excluding hydrogens is 364 g/mol. The highest BCUT2D eigenvalue weighted by Gasteiger charge is 2.18. The van der Waals surface area contributed by atoms with Crippen molar-refractivity contribution in [3.63, 3.8) is 0 Å². The van der Waals surface area contributed by atoms with Gasteiger partial charge in [0.2, 0.25) is 0 Å². The van der Waals surface area contributed by atoms with Crippen molar-refractivity contribution in [2.45, 2.75) is 39.0 Å². The molecule has 28 heavy (non-hydrogen) atoms. The number of rotatable bonds is 12. The average molecular weight is 392 g/mol. The number of benzene rings is 1.